The van der Waals surface area contributed by atoms with Crippen LogP contribution in [0.25, 0.3) is 0 Å². The zero-order valence-corrected chi connectivity index (χ0v) is 16.5. The summed E-state index contributed by atoms with van der Waals surface area (Å²) in [7, 11) is 0. The van der Waals surface area contributed by atoms with Crippen molar-refractivity contribution in [1.82, 2.24) is 15.2 Å². The summed E-state index contributed by atoms with van der Waals surface area (Å²) < 4.78 is 19.4. The number of halogens is 2. The lowest BCUT2D eigenvalue weighted by molar-refractivity contribution is 0.0662. The number of pyridine rings is 1. The predicted octanol–water partition coefficient (Wildman–Crippen LogP) is 3.20. The average molecular weight is 408 g/mol. The molecule has 1 aliphatic rings. The Morgan fingerprint density at radius 3 is 2.82 bits per heavy atom. The molecule has 3 atom stereocenters. The van der Waals surface area contributed by atoms with E-state index >= 15 is 0 Å². The van der Waals surface area contributed by atoms with Crippen molar-refractivity contribution in [3.8, 4) is 5.88 Å². The molecule has 150 valence electrons. The number of aromatic nitrogens is 1. The molecule has 1 saturated heterocycles. The fourth-order valence-electron chi connectivity index (χ4n) is 3.42. The summed E-state index contributed by atoms with van der Waals surface area (Å²) in [4.78, 5) is 17.5. The molecule has 1 aliphatic heterocycles. The van der Waals surface area contributed by atoms with Crippen LogP contribution in [0.4, 0.5) is 4.39 Å². The van der Waals surface area contributed by atoms with Crippen LogP contribution in [0.5, 0.6) is 5.88 Å². The summed E-state index contributed by atoms with van der Waals surface area (Å²) in [6, 6.07) is 11.2. The third-order valence-electron chi connectivity index (χ3n) is 4.73. The summed E-state index contributed by atoms with van der Waals surface area (Å²) >= 11 is 5.71. The zero-order valence-electron chi connectivity index (χ0n) is 15.7. The summed E-state index contributed by atoms with van der Waals surface area (Å²) in [5.41, 5.74) is 0.878. The summed E-state index contributed by atoms with van der Waals surface area (Å²) in [5.74, 6) is -2.39. The normalized spacial score (nSPS) is 21.3. The first-order valence-corrected chi connectivity index (χ1v) is 9.49. The lowest BCUT2D eigenvalue weighted by atomic mass is 10.0. The molecule has 1 aromatic carbocycles. The molecule has 2 aromatic rings. The first kappa shape index (κ1) is 20.5. The number of nitrogens with one attached hydrogen (secondary N) is 1. The van der Waals surface area contributed by atoms with Gasteiger partial charge >= 0.3 is 5.97 Å². The van der Waals surface area contributed by atoms with Crippen molar-refractivity contribution in [2.45, 2.75) is 38.6 Å². The van der Waals surface area contributed by atoms with E-state index in [-0.39, 0.29) is 23.5 Å². The zero-order chi connectivity index (χ0) is 20.3. The van der Waals surface area contributed by atoms with E-state index < -0.39 is 23.0 Å². The van der Waals surface area contributed by atoms with E-state index in [9.17, 15) is 14.3 Å². The van der Waals surface area contributed by atoms with Gasteiger partial charge in [0.05, 0.1) is 6.04 Å². The molecule has 0 aliphatic carbocycles. The molecule has 6 nitrogen and oxygen atoms in total. The molecule has 1 aromatic heterocycles. The fourth-order valence-corrected chi connectivity index (χ4v) is 3.55. The van der Waals surface area contributed by atoms with Gasteiger partial charge in [-0.2, -0.15) is 4.98 Å². The van der Waals surface area contributed by atoms with Gasteiger partial charge in [0.1, 0.15) is 11.7 Å². The maximum atomic E-state index is 13.6. The summed E-state index contributed by atoms with van der Waals surface area (Å²) in [6.45, 7) is 6.35. The molecule has 0 unspecified atom stereocenters. The van der Waals surface area contributed by atoms with Crippen molar-refractivity contribution in [1.29, 1.82) is 0 Å². The van der Waals surface area contributed by atoms with Crippen LogP contribution in [-0.2, 0) is 6.54 Å². The number of piperazine rings is 1. The molecule has 0 amide bonds. The Morgan fingerprint density at radius 2 is 2.14 bits per heavy atom. The van der Waals surface area contributed by atoms with E-state index in [1.165, 1.54) is 5.56 Å². The highest BCUT2D eigenvalue weighted by Crippen LogP contribution is 2.24. The van der Waals surface area contributed by atoms with Gasteiger partial charge in [-0.3, -0.25) is 4.90 Å². The molecule has 0 radical (unpaired) electrons. The first-order chi connectivity index (χ1) is 13.3. The standard InChI is InChI=1S/C20H23ClFN3O3/c1-12-9-25(10-14-6-4-3-5-7-14)11-17(23-12)13(2)28-19-15(20(26)27)8-16(22)18(21)24-19/h3-8,12-13,17,23H,9-11H2,1-2H3,(H,26,27)/t12-,13+,17+/m1/s1. The number of ether oxygens (including phenoxy) is 1. The van der Waals surface area contributed by atoms with Crippen LogP contribution in [0.15, 0.2) is 36.4 Å². The second-order valence-corrected chi connectivity index (χ2v) is 7.45. The quantitative estimate of drug-likeness (QED) is 0.716. The fraction of sp³-hybridized carbons (Fsp3) is 0.400. The van der Waals surface area contributed by atoms with Gasteiger partial charge in [0.2, 0.25) is 5.88 Å². The van der Waals surface area contributed by atoms with Crippen molar-refractivity contribution in [3.05, 3.63) is 58.5 Å². The van der Waals surface area contributed by atoms with Gasteiger partial charge < -0.3 is 15.2 Å². The Bertz CT molecular complexity index is 837. The van der Waals surface area contributed by atoms with Gasteiger partial charge in [-0.15, -0.1) is 0 Å². The second-order valence-electron chi connectivity index (χ2n) is 7.10. The number of rotatable bonds is 6. The van der Waals surface area contributed by atoms with Gasteiger partial charge in [-0.1, -0.05) is 41.9 Å². The Kier molecular flexibility index (Phi) is 6.49. The number of carboxylic acid groups (broad SMARTS) is 1. The lowest BCUT2D eigenvalue weighted by Crippen LogP contribution is -2.59. The molecule has 8 heteroatoms. The molecule has 0 spiro atoms. The van der Waals surface area contributed by atoms with Gasteiger partial charge in [0.25, 0.3) is 0 Å². The molecule has 3 rings (SSSR count). The topological polar surface area (TPSA) is 74.7 Å². The maximum absolute atomic E-state index is 13.6. The predicted molar refractivity (Wildman–Crippen MR) is 104 cm³/mol. The highest BCUT2D eigenvalue weighted by atomic mass is 35.5. The molecule has 28 heavy (non-hydrogen) atoms. The molecule has 2 N–H and O–H groups in total. The molecule has 2 heterocycles. The van der Waals surface area contributed by atoms with Crippen LogP contribution >= 0.6 is 11.6 Å². The van der Waals surface area contributed by atoms with Crippen molar-refractivity contribution >= 4 is 17.6 Å². The van der Waals surface area contributed by atoms with Gasteiger partial charge in [0.15, 0.2) is 11.0 Å². The minimum atomic E-state index is -1.32. The van der Waals surface area contributed by atoms with E-state index in [4.69, 9.17) is 16.3 Å². The van der Waals surface area contributed by atoms with Crippen LogP contribution in [0.3, 0.4) is 0 Å². The van der Waals surface area contributed by atoms with Crippen LogP contribution in [0.2, 0.25) is 5.15 Å². The van der Waals surface area contributed by atoms with Crippen LogP contribution in [0.1, 0.15) is 29.8 Å². The Balaban J connectivity index is 1.72. The van der Waals surface area contributed by atoms with Crippen molar-refractivity contribution < 1.29 is 19.0 Å². The maximum Gasteiger partial charge on any atom is 0.341 e. The Morgan fingerprint density at radius 1 is 1.43 bits per heavy atom. The Labute approximate surface area is 168 Å². The van der Waals surface area contributed by atoms with Crippen LogP contribution in [0, 0.1) is 5.82 Å². The van der Waals surface area contributed by atoms with E-state index in [1.54, 1.807) is 0 Å². The number of hydrogen-bond donors (Lipinski definition) is 2. The first-order valence-electron chi connectivity index (χ1n) is 9.11. The highest BCUT2D eigenvalue weighted by Gasteiger charge is 2.30. The average Bonchev–Trinajstić information content (AvgIpc) is 2.64. The number of nitrogens with zero attached hydrogens (tertiary/aromatic N) is 2. The van der Waals surface area contributed by atoms with Crippen LogP contribution < -0.4 is 10.1 Å². The monoisotopic (exact) mass is 407 g/mol. The van der Waals surface area contributed by atoms with Crippen LogP contribution in [-0.4, -0.2) is 52.2 Å². The van der Waals surface area contributed by atoms with E-state index in [0.717, 1.165) is 25.7 Å². The number of hydrogen-bond acceptors (Lipinski definition) is 5. The molecular formula is C20H23ClFN3O3. The van der Waals surface area contributed by atoms with E-state index in [0.29, 0.717) is 0 Å². The third-order valence-corrected chi connectivity index (χ3v) is 4.99. The van der Waals surface area contributed by atoms with E-state index in [2.05, 4.69) is 34.3 Å². The van der Waals surface area contributed by atoms with Gasteiger partial charge in [0, 0.05) is 25.7 Å². The largest absolute Gasteiger partial charge is 0.477 e. The van der Waals surface area contributed by atoms with Gasteiger partial charge in [-0.05, 0) is 25.5 Å². The molecular weight excluding hydrogens is 385 g/mol. The van der Waals surface area contributed by atoms with Crippen molar-refractivity contribution in [3.63, 3.8) is 0 Å². The number of carbonyl (C=O) groups is 1. The summed E-state index contributed by atoms with van der Waals surface area (Å²) in [6.07, 6.45) is -0.395. The number of carboxylic acids is 1. The summed E-state index contributed by atoms with van der Waals surface area (Å²) in [5, 5.41) is 12.4. The molecule has 0 bridgehead atoms. The number of aromatic carboxylic acids is 1. The SMILES string of the molecule is C[C@@H]1CN(Cc2ccccc2)C[C@@H]([C@H](C)Oc2nc(Cl)c(F)cc2C(=O)O)N1. The van der Waals surface area contributed by atoms with Crippen molar-refractivity contribution in [2.75, 3.05) is 13.1 Å². The Hall–Kier alpha value is -2.22. The lowest BCUT2D eigenvalue weighted by Gasteiger charge is -2.40. The number of benzene rings is 1. The molecule has 1 fully saturated rings. The van der Waals surface area contributed by atoms with Gasteiger partial charge in [-0.25, -0.2) is 9.18 Å². The smallest absolute Gasteiger partial charge is 0.341 e. The molecule has 0 saturated carbocycles. The third kappa shape index (κ3) is 4.98. The second kappa shape index (κ2) is 8.86. The van der Waals surface area contributed by atoms with Crippen molar-refractivity contribution in [2.24, 2.45) is 0 Å². The minimum absolute atomic E-state index is 0.0558. The van der Waals surface area contributed by atoms with E-state index in [1.807, 2.05) is 25.1 Å². The minimum Gasteiger partial charge on any atom is -0.477 e. The highest BCUT2D eigenvalue weighted by molar-refractivity contribution is 6.29.